The molecule has 6 heteroatoms. The predicted octanol–water partition coefficient (Wildman–Crippen LogP) is 1.14. The molecular weight excluding hydrogens is 244 g/mol. The van der Waals surface area contributed by atoms with Crippen LogP contribution in [0.15, 0.2) is 23.0 Å². The van der Waals surface area contributed by atoms with Crippen LogP contribution in [-0.2, 0) is 6.54 Å². The molecule has 0 spiro atoms. The fourth-order valence-corrected chi connectivity index (χ4v) is 1.84. The van der Waals surface area contributed by atoms with Crippen molar-refractivity contribution in [3.8, 4) is 5.75 Å². The normalized spacial score (nSPS) is 12.9. The zero-order valence-corrected chi connectivity index (χ0v) is 9.85. The number of hydrogen-bond acceptors (Lipinski definition) is 4. The Kier molecular flexibility index (Phi) is 3.04. The molecule has 0 radical (unpaired) electrons. The van der Waals surface area contributed by atoms with E-state index >= 15 is 0 Å². The van der Waals surface area contributed by atoms with Crippen molar-refractivity contribution in [2.75, 3.05) is 0 Å². The van der Waals surface area contributed by atoms with Crippen LogP contribution in [0.5, 0.6) is 5.75 Å². The molecule has 0 aliphatic carbocycles. The van der Waals surface area contributed by atoms with Gasteiger partial charge in [0.15, 0.2) is 0 Å². The molecule has 2 N–H and O–H groups in total. The molecule has 0 aliphatic heterocycles. The summed E-state index contributed by atoms with van der Waals surface area (Å²) in [5.41, 5.74) is 0.0384. The summed E-state index contributed by atoms with van der Waals surface area (Å²) >= 11 is 5.87. The molecule has 0 fully saturated rings. The van der Waals surface area contributed by atoms with Crippen LogP contribution in [-0.4, -0.2) is 25.9 Å². The van der Waals surface area contributed by atoms with Crippen molar-refractivity contribution in [1.82, 2.24) is 9.55 Å². The average Bonchev–Trinajstić information content (AvgIpc) is 2.25. The van der Waals surface area contributed by atoms with Crippen molar-refractivity contribution in [3.05, 3.63) is 33.8 Å². The van der Waals surface area contributed by atoms with Crippen LogP contribution >= 0.6 is 11.6 Å². The van der Waals surface area contributed by atoms with Gasteiger partial charge in [-0.25, -0.2) is 4.98 Å². The molecule has 90 valence electrons. The number of nitrogens with zero attached hydrogens (tertiary/aromatic N) is 2. The van der Waals surface area contributed by atoms with Crippen LogP contribution in [0.1, 0.15) is 6.92 Å². The first-order valence-corrected chi connectivity index (χ1v) is 5.44. The lowest BCUT2D eigenvalue weighted by Crippen LogP contribution is -2.26. The molecule has 0 aliphatic rings. The maximum Gasteiger partial charge on any atom is 0.262 e. The number of benzene rings is 1. The van der Waals surface area contributed by atoms with Crippen molar-refractivity contribution in [2.24, 2.45) is 0 Å². The Morgan fingerprint density at radius 2 is 2.24 bits per heavy atom. The number of fused-ring (bicyclic) bond motifs is 1. The number of aromatic nitrogens is 2. The minimum absolute atomic E-state index is 0.0117. The van der Waals surface area contributed by atoms with E-state index in [9.17, 15) is 15.0 Å². The molecule has 0 saturated heterocycles. The van der Waals surface area contributed by atoms with Gasteiger partial charge in [0.2, 0.25) is 5.28 Å². The van der Waals surface area contributed by atoms with E-state index in [0.717, 1.165) is 0 Å². The molecule has 2 rings (SSSR count). The van der Waals surface area contributed by atoms with Gasteiger partial charge in [0.05, 0.1) is 23.6 Å². The largest absolute Gasteiger partial charge is 0.508 e. The number of aromatic hydroxyl groups is 1. The molecule has 2 aromatic rings. The van der Waals surface area contributed by atoms with E-state index in [4.69, 9.17) is 11.6 Å². The quantitative estimate of drug-likeness (QED) is 0.788. The molecule has 0 amide bonds. The first-order chi connectivity index (χ1) is 7.99. The maximum atomic E-state index is 12.1. The Morgan fingerprint density at radius 1 is 1.53 bits per heavy atom. The fourth-order valence-electron chi connectivity index (χ4n) is 1.60. The van der Waals surface area contributed by atoms with Crippen LogP contribution in [0, 0.1) is 0 Å². The Labute approximate surface area is 102 Å². The van der Waals surface area contributed by atoms with E-state index in [2.05, 4.69) is 4.98 Å². The van der Waals surface area contributed by atoms with Gasteiger partial charge in [-0.05, 0) is 36.7 Å². The lowest BCUT2D eigenvalue weighted by Gasteiger charge is -2.10. The number of phenols is 1. The number of aliphatic hydroxyl groups is 1. The number of phenolic OH excluding ortho intramolecular Hbond substituents is 1. The summed E-state index contributed by atoms with van der Waals surface area (Å²) in [5, 5.41) is 18.9. The first-order valence-electron chi connectivity index (χ1n) is 5.06. The summed E-state index contributed by atoms with van der Waals surface area (Å²) in [5.74, 6) is -0.0117. The molecule has 17 heavy (non-hydrogen) atoms. The molecule has 1 aromatic carbocycles. The molecule has 0 saturated carbocycles. The zero-order valence-electron chi connectivity index (χ0n) is 9.09. The number of aliphatic hydroxyl groups excluding tert-OH is 1. The molecule has 0 bridgehead atoms. The summed E-state index contributed by atoms with van der Waals surface area (Å²) in [6.45, 7) is 1.62. The van der Waals surface area contributed by atoms with Gasteiger partial charge in [0.25, 0.3) is 5.56 Å². The van der Waals surface area contributed by atoms with Crippen molar-refractivity contribution in [2.45, 2.75) is 19.6 Å². The monoisotopic (exact) mass is 254 g/mol. The van der Waals surface area contributed by atoms with Gasteiger partial charge in [-0.3, -0.25) is 9.36 Å². The fraction of sp³-hybridized carbons (Fsp3) is 0.273. The second-order valence-electron chi connectivity index (χ2n) is 3.85. The summed E-state index contributed by atoms with van der Waals surface area (Å²) in [6, 6.07) is 4.29. The number of halogens is 1. The SMILES string of the molecule is CC(O)Cn1c(Cl)nc2ccc(O)cc2c1=O. The average molecular weight is 255 g/mol. The summed E-state index contributed by atoms with van der Waals surface area (Å²) in [7, 11) is 0. The smallest absolute Gasteiger partial charge is 0.262 e. The van der Waals surface area contributed by atoms with Gasteiger partial charge in [0.1, 0.15) is 5.75 Å². The maximum absolute atomic E-state index is 12.1. The van der Waals surface area contributed by atoms with E-state index in [0.29, 0.717) is 5.52 Å². The highest BCUT2D eigenvalue weighted by Gasteiger charge is 2.11. The first kappa shape index (κ1) is 11.9. The Hall–Kier alpha value is -1.59. The van der Waals surface area contributed by atoms with Crippen molar-refractivity contribution < 1.29 is 10.2 Å². The number of rotatable bonds is 2. The third-order valence-electron chi connectivity index (χ3n) is 2.34. The van der Waals surface area contributed by atoms with Gasteiger partial charge in [0, 0.05) is 0 Å². The van der Waals surface area contributed by atoms with Crippen molar-refractivity contribution in [1.29, 1.82) is 0 Å². The van der Waals surface area contributed by atoms with E-state index in [-0.39, 0.29) is 28.5 Å². The minimum atomic E-state index is -0.707. The lowest BCUT2D eigenvalue weighted by molar-refractivity contribution is 0.172. The minimum Gasteiger partial charge on any atom is -0.508 e. The Balaban J connectivity index is 2.73. The highest BCUT2D eigenvalue weighted by atomic mass is 35.5. The standard InChI is InChI=1S/C11H11ClN2O3/c1-6(15)5-14-10(17)8-4-7(16)2-3-9(8)13-11(14)12/h2-4,6,15-16H,5H2,1H3. The summed E-state index contributed by atoms with van der Waals surface area (Å²) in [4.78, 5) is 16.1. The highest BCUT2D eigenvalue weighted by Crippen LogP contribution is 2.17. The van der Waals surface area contributed by atoms with Gasteiger partial charge in [-0.15, -0.1) is 0 Å². The van der Waals surface area contributed by atoms with E-state index in [1.807, 2.05) is 0 Å². The second kappa shape index (κ2) is 4.35. The van der Waals surface area contributed by atoms with Gasteiger partial charge in [-0.2, -0.15) is 0 Å². The highest BCUT2D eigenvalue weighted by molar-refractivity contribution is 6.28. The van der Waals surface area contributed by atoms with Gasteiger partial charge in [-0.1, -0.05) is 0 Å². The molecular formula is C11H11ClN2O3. The Bertz CT molecular complexity index is 622. The predicted molar refractivity (Wildman–Crippen MR) is 64.4 cm³/mol. The van der Waals surface area contributed by atoms with Crippen LogP contribution in [0.4, 0.5) is 0 Å². The molecule has 1 atom stereocenters. The second-order valence-corrected chi connectivity index (χ2v) is 4.19. The lowest BCUT2D eigenvalue weighted by atomic mass is 10.2. The van der Waals surface area contributed by atoms with Crippen LogP contribution in [0.3, 0.4) is 0 Å². The third kappa shape index (κ3) is 2.25. The van der Waals surface area contributed by atoms with Crippen molar-refractivity contribution >= 4 is 22.5 Å². The van der Waals surface area contributed by atoms with Gasteiger partial charge >= 0.3 is 0 Å². The van der Waals surface area contributed by atoms with Crippen LogP contribution in [0.2, 0.25) is 5.28 Å². The molecule has 1 heterocycles. The number of hydrogen-bond donors (Lipinski definition) is 2. The molecule has 1 aromatic heterocycles. The van der Waals surface area contributed by atoms with E-state index < -0.39 is 6.10 Å². The third-order valence-corrected chi connectivity index (χ3v) is 2.63. The zero-order chi connectivity index (χ0) is 12.6. The van der Waals surface area contributed by atoms with Gasteiger partial charge < -0.3 is 10.2 Å². The Morgan fingerprint density at radius 3 is 2.88 bits per heavy atom. The van der Waals surface area contributed by atoms with Crippen molar-refractivity contribution in [3.63, 3.8) is 0 Å². The van der Waals surface area contributed by atoms with Crippen LogP contribution in [0.25, 0.3) is 10.9 Å². The molecule has 5 nitrogen and oxygen atoms in total. The summed E-state index contributed by atoms with van der Waals surface area (Å²) < 4.78 is 1.17. The van der Waals surface area contributed by atoms with E-state index in [1.165, 1.54) is 22.8 Å². The topological polar surface area (TPSA) is 75.3 Å². The van der Waals surface area contributed by atoms with E-state index in [1.54, 1.807) is 6.92 Å². The molecule has 1 unspecified atom stereocenters. The summed E-state index contributed by atoms with van der Waals surface area (Å²) in [6.07, 6.45) is -0.707. The van der Waals surface area contributed by atoms with Crippen LogP contribution < -0.4 is 5.56 Å².